The predicted molar refractivity (Wildman–Crippen MR) is 40.3 cm³/mol. The normalized spacial score (nSPS) is 13.8. The molecule has 0 aliphatic heterocycles. The Morgan fingerprint density at radius 3 is 2.75 bits per heavy atom. The van der Waals surface area contributed by atoms with E-state index >= 15 is 0 Å². The lowest BCUT2D eigenvalue weighted by molar-refractivity contribution is 0.121. The standard InChI is InChI=1S/C6H8ClF2N3/c1-4(7)5-2-12(11-10-5)3-6(8)9/h2,4,6H,3H2,1H3. The molecule has 0 radical (unpaired) electrons. The molecule has 0 N–H and O–H groups in total. The van der Waals surface area contributed by atoms with Crippen LogP contribution < -0.4 is 0 Å². The highest BCUT2D eigenvalue weighted by molar-refractivity contribution is 6.20. The minimum absolute atomic E-state index is 0.295. The largest absolute Gasteiger partial charge is 0.257 e. The van der Waals surface area contributed by atoms with Crippen molar-refractivity contribution in [1.29, 1.82) is 0 Å². The van der Waals surface area contributed by atoms with Crippen LogP contribution in [0.3, 0.4) is 0 Å². The molecular weight excluding hydrogens is 188 g/mol. The zero-order valence-electron chi connectivity index (χ0n) is 6.41. The fourth-order valence-corrected chi connectivity index (χ4v) is 0.826. The maximum atomic E-state index is 11.8. The number of alkyl halides is 3. The van der Waals surface area contributed by atoms with Gasteiger partial charge in [0, 0.05) is 0 Å². The van der Waals surface area contributed by atoms with Crippen LogP contribution >= 0.6 is 11.6 Å². The first kappa shape index (κ1) is 9.38. The van der Waals surface area contributed by atoms with E-state index in [1.54, 1.807) is 6.92 Å². The van der Waals surface area contributed by atoms with Crippen molar-refractivity contribution in [2.24, 2.45) is 0 Å². The lowest BCUT2D eigenvalue weighted by atomic mass is 10.4. The van der Waals surface area contributed by atoms with E-state index < -0.39 is 13.0 Å². The van der Waals surface area contributed by atoms with Crippen LogP contribution in [0.1, 0.15) is 18.0 Å². The molecule has 0 fully saturated rings. The topological polar surface area (TPSA) is 30.7 Å². The highest BCUT2D eigenvalue weighted by Gasteiger charge is 2.09. The summed E-state index contributed by atoms with van der Waals surface area (Å²) in [5, 5.41) is 6.80. The molecule has 1 rings (SSSR count). The first-order valence-electron chi connectivity index (χ1n) is 3.42. The summed E-state index contributed by atoms with van der Waals surface area (Å²) in [5.41, 5.74) is 0.511. The lowest BCUT2D eigenvalue weighted by Gasteiger charge is -1.96. The van der Waals surface area contributed by atoms with Crippen molar-refractivity contribution in [3.8, 4) is 0 Å². The number of rotatable bonds is 3. The summed E-state index contributed by atoms with van der Waals surface area (Å²) in [6.07, 6.45) is -0.991. The fraction of sp³-hybridized carbons (Fsp3) is 0.667. The van der Waals surface area contributed by atoms with Crippen LogP contribution in [0.2, 0.25) is 0 Å². The molecule has 0 amide bonds. The molecule has 1 aromatic rings. The second-order valence-electron chi connectivity index (χ2n) is 2.37. The van der Waals surface area contributed by atoms with E-state index in [0.29, 0.717) is 5.69 Å². The van der Waals surface area contributed by atoms with E-state index in [-0.39, 0.29) is 5.38 Å². The van der Waals surface area contributed by atoms with E-state index in [2.05, 4.69) is 10.3 Å². The second kappa shape index (κ2) is 3.80. The maximum absolute atomic E-state index is 11.8. The lowest BCUT2D eigenvalue weighted by Crippen LogP contribution is -2.06. The third-order valence-electron chi connectivity index (χ3n) is 1.29. The zero-order chi connectivity index (χ0) is 9.14. The predicted octanol–water partition coefficient (Wildman–Crippen LogP) is 1.84. The van der Waals surface area contributed by atoms with E-state index in [9.17, 15) is 8.78 Å². The Morgan fingerprint density at radius 2 is 2.33 bits per heavy atom. The quantitative estimate of drug-likeness (QED) is 0.689. The van der Waals surface area contributed by atoms with Gasteiger partial charge in [0.1, 0.15) is 12.2 Å². The van der Waals surface area contributed by atoms with Crippen molar-refractivity contribution >= 4 is 11.6 Å². The molecule has 68 valence electrons. The van der Waals surface area contributed by atoms with E-state index in [1.165, 1.54) is 6.20 Å². The Kier molecular flexibility index (Phi) is 2.97. The number of nitrogens with zero attached hydrogens (tertiary/aromatic N) is 3. The van der Waals surface area contributed by atoms with Crippen molar-refractivity contribution < 1.29 is 8.78 Å². The molecule has 6 heteroatoms. The summed E-state index contributed by atoms with van der Waals surface area (Å²) >= 11 is 5.65. The van der Waals surface area contributed by atoms with Gasteiger partial charge in [0.05, 0.1) is 11.6 Å². The smallest absolute Gasteiger partial charge is 0.246 e. The Balaban J connectivity index is 2.64. The van der Waals surface area contributed by atoms with Crippen LogP contribution in [0.15, 0.2) is 6.20 Å². The summed E-state index contributed by atoms with van der Waals surface area (Å²) in [4.78, 5) is 0. The van der Waals surface area contributed by atoms with Gasteiger partial charge < -0.3 is 0 Å². The summed E-state index contributed by atoms with van der Waals surface area (Å²) in [6, 6.07) is 0. The molecular formula is C6H8ClF2N3. The zero-order valence-corrected chi connectivity index (χ0v) is 7.17. The minimum atomic E-state index is -2.41. The van der Waals surface area contributed by atoms with Crippen LogP contribution in [-0.4, -0.2) is 21.4 Å². The van der Waals surface area contributed by atoms with Crippen LogP contribution in [-0.2, 0) is 6.54 Å². The average Bonchev–Trinajstić information content (AvgIpc) is 2.34. The van der Waals surface area contributed by atoms with Gasteiger partial charge in [-0.15, -0.1) is 16.7 Å². The molecule has 1 unspecified atom stereocenters. The monoisotopic (exact) mass is 195 g/mol. The molecule has 0 aliphatic carbocycles. The highest BCUT2D eigenvalue weighted by Crippen LogP contribution is 2.15. The van der Waals surface area contributed by atoms with E-state index in [4.69, 9.17) is 11.6 Å². The fourth-order valence-electron chi connectivity index (χ4n) is 0.726. The van der Waals surface area contributed by atoms with Crippen molar-refractivity contribution in [2.75, 3.05) is 0 Å². The number of halogens is 3. The summed E-state index contributed by atoms with van der Waals surface area (Å²) in [6.45, 7) is 1.27. The first-order chi connectivity index (χ1) is 5.59. The van der Waals surface area contributed by atoms with Gasteiger partial charge in [-0.2, -0.15) is 0 Å². The summed E-state index contributed by atoms with van der Waals surface area (Å²) < 4.78 is 24.7. The van der Waals surface area contributed by atoms with Gasteiger partial charge in [-0.1, -0.05) is 5.21 Å². The molecule has 3 nitrogen and oxygen atoms in total. The minimum Gasteiger partial charge on any atom is -0.246 e. The van der Waals surface area contributed by atoms with Crippen LogP contribution in [0.5, 0.6) is 0 Å². The van der Waals surface area contributed by atoms with Crippen molar-refractivity contribution in [1.82, 2.24) is 15.0 Å². The SMILES string of the molecule is CC(Cl)c1cn(CC(F)F)nn1. The molecule has 0 bridgehead atoms. The third kappa shape index (κ3) is 2.41. The van der Waals surface area contributed by atoms with Crippen LogP contribution in [0.4, 0.5) is 8.78 Å². The maximum Gasteiger partial charge on any atom is 0.257 e. The van der Waals surface area contributed by atoms with Gasteiger partial charge in [-0.05, 0) is 6.92 Å². The van der Waals surface area contributed by atoms with Gasteiger partial charge in [0.25, 0.3) is 6.43 Å². The molecule has 12 heavy (non-hydrogen) atoms. The molecule has 1 atom stereocenters. The molecule has 1 heterocycles. The van der Waals surface area contributed by atoms with Gasteiger partial charge in [0.2, 0.25) is 0 Å². The van der Waals surface area contributed by atoms with Gasteiger partial charge >= 0.3 is 0 Å². The van der Waals surface area contributed by atoms with Crippen molar-refractivity contribution in [3.05, 3.63) is 11.9 Å². The Morgan fingerprint density at radius 1 is 1.67 bits per heavy atom. The highest BCUT2D eigenvalue weighted by atomic mass is 35.5. The molecule has 0 spiro atoms. The summed E-state index contributed by atoms with van der Waals surface area (Å²) in [7, 11) is 0. The first-order valence-corrected chi connectivity index (χ1v) is 3.85. The van der Waals surface area contributed by atoms with Gasteiger partial charge in [-0.25, -0.2) is 13.5 Å². The number of hydrogen-bond donors (Lipinski definition) is 0. The Hall–Kier alpha value is -0.710. The van der Waals surface area contributed by atoms with Crippen LogP contribution in [0, 0.1) is 0 Å². The summed E-state index contributed by atoms with van der Waals surface area (Å²) in [5.74, 6) is 0. The van der Waals surface area contributed by atoms with Gasteiger partial charge in [-0.3, -0.25) is 0 Å². The molecule has 0 aliphatic rings. The molecule has 0 aromatic carbocycles. The third-order valence-corrected chi connectivity index (χ3v) is 1.51. The average molecular weight is 196 g/mol. The van der Waals surface area contributed by atoms with Crippen LogP contribution in [0.25, 0.3) is 0 Å². The number of hydrogen-bond acceptors (Lipinski definition) is 2. The number of aromatic nitrogens is 3. The van der Waals surface area contributed by atoms with Gasteiger partial charge in [0.15, 0.2) is 0 Å². The molecule has 1 aromatic heterocycles. The van der Waals surface area contributed by atoms with E-state index in [0.717, 1.165) is 4.68 Å². The second-order valence-corrected chi connectivity index (χ2v) is 3.03. The van der Waals surface area contributed by atoms with Crippen molar-refractivity contribution in [3.63, 3.8) is 0 Å². The molecule has 0 saturated heterocycles. The molecule has 0 saturated carbocycles. The van der Waals surface area contributed by atoms with E-state index in [1.807, 2.05) is 0 Å². The Bertz CT molecular complexity index is 249. The van der Waals surface area contributed by atoms with Crippen molar-refractivity contribution in [2.45, 2.75) is 25.3 Å². The Labute approximate surface area is 73.3 Å².